The van der Waals surface area contributed by atoms with Crippen LogP contribution in [-0.4, -0.2) is 29.6 Å². The predicted octanol–water partition coefficient (Wildman–Crippen LogP) is 2.77. The normalized spacial score (nSPS) is 9.43. The Morgan fingerprint density at radius 3 is 2.22 bits per heavy atom. The molecule has 0 unspecified atom stereocenters. The van der Waals surface area contributed by atoms with Gasteiger partial charge in [0.15, 0.2) is 11.6 Å². The number of Topliss-reactive ketones (excluding diaryl/α,β-unsaturated/α-hetero) is 3. The molecule has 1 aromatic carbocycles. The van der Waals surface area contributed by atoms with Gasteiger partial charge in [-0.25, -0.2) is 0 Å². The lowest BCUT2D eigenvalue weighted by molar-refractivity contribution is -0.191. The largest absolute Gasteiger partial charge is 0.490 e. The van der Waals surface area contributed by atoms with E-state index in [0.717, 1.165) is 4.47 Å². The maximum atomic E-state index is 12.1. The van der Waals surface area contributed by atoms with E-state index >= 15 is 0 Å². The number of carbonyl (C=O) groups is 3. The summed E-state index contributed by atoms with van der Waals surface area (Å²) >= 11 is 3.31. The molecule has 6 nitrogen and oxygen atoms in total. The van der Waals surface area contributed by atoms with Crippen LogP contribution in [-0.2, 0) is 19.2 Å². The molecule has 23 heavy (non-hydrogen) atoms. The van der Waals surface area contributed by atoms with E-state index in [2.05, 4.69) is 15.9 Å². The Morgan fingerprint density at radius 1 is 1.17 bits per heavy atom. The minimum Gasteiger partial charge on any atom is -0.490 e. The molecule has 0 N–H and O–H groups in total. The van der Waals surface area contributed by atoms with Crippen LogP contribution in [0.3, 0.4) is 0 Å². The van der Waals surface area contributed by atoms with Gasteiger partial charge in [-0.05, 0) is 32.0 Å². The molecule has 0 heterocycles. The van der Waals surface area contributed by atoms with Crippen LogP contribution in [0.5, 0.6) is 5.75 Å². The number of ether oxygens (including phenoxy) is 1. The highest BCUT2D eigenvalue weighted by molar-refractivity contribution is 9.10. The lowest BCUT2D eigenvalue weighted by Gasteiger charge is -2.13. The Balaban J connectivity index is 0.00000149. The first-order chi connectivity index (χ1) is 10.8. The minimum atomic E-state index is -0.657. The highest BCUT2D eigenvalue weighted by atomic mass is 79.9. The Bertz CT molecular complexity index is 615. The van der Waals surface area contributed by atoms with Crippen molar-refractivity contribution in [1.82, 2.24) is 0 Å². The molecule has 1 rings (SSSR count). The monoisotopic (exact) mass is 384 g/mol. The van der Waals surface area contributed by atoms with Gasteiger partial charge in [0.2, 0.25) is 5.78 Å². The van der Waals surface area contributed by atoms with E-state index in [1.54, 1.807) is 25.1 Å². The lowest BCUT2D eigenvalue weighted by atomic mass is 10.0. The van der Waals surface area contributed by atoms with Crippen LogP contribution in [0, 0.1) is 0 Å². The molecule has 0 saturated heterocycles. The van der Waals surface area contributed by atoms with E-state index in [4.69, 9.17) is 14.3 Å². The van der Waals surface area contributed by atoms with Gasteiger partial charge in [0.1, 0.15) is 5.75 Å². The third kappa shape index (κ3) is 7.63. The van der Waals surface area contributed by atoms with Crippen molar-refractivity contribution in [2.24, 2.45) is 0 Å². The van der Waals surface area contributed by atoms with Crippen LogP contribution in [0.1, 0.15) is 44.0 Å². The zero-order valence-corrected chi connectivity index (χ0v) is 14.6. The molecule has 7 heteroatoms. The molecular formula is C16H17BrO6. The standard InChI is InChI=1S/C15H17BrO4.CO2/c1-4-12(17)14(19)8-13(18)11-6-5-10(16)7-15(11)20-9(2)3;2-1-3/h5-7,9H,4,8H2,1-3H3;. The molecule has 124 valence electrons. The van der Waals surface area contributed by atoms with Crippen molar-refractivity contribution < 1.29 is 28.7 Å². The van der Waals surface area contributed by atoms with Crippen LogP contribution in [0.4, 0.5) is 0 Å². The summed E-state index contributed by atoms with van der Waals surface area (Å²) < 4.78 is 6.35. The summed E-state index contributed by atoms with van der Waals surface area (Å²) in [6.45, 7) is 5.29. The van der Waals surface area contributed by atoms with Crippen LogP contribution < -0.4 is 4.74 Å². The molecule has 0 saturated carbocycles. The summed E-state index contributed by atoms with van der Waals surface area (Å²) in [5.74, 6) is -1.17. The van der Waals surface area contributed by atoms with E-state index in [1.807, 2.05) is 13.8 Å². The molecule has 0 aliphatic rings. The predicted molar refractivity (Wildman–Crippen MR) is 84.2 cm³/mol. The van der Waals surface area contributed by atoms with Crippen molar-refractivity contribution in [1.29, 1.82) is 0 Å². The van der Waals surface area contributed by atoms with Gasteiger partial charge in [-0.2, -0.15) is 9.59 Å². The number of hydrogen-bond donors (Lipinski definition) is 0. The van der Waals surface area contributed by atoms with Crippen molar-refractivity contribution >= 4 is 39.4 Å². The maximum absolute atomic E-state index is 12.1. The first kappa shape index (κ1) is 20.9. The third-order valence-electron chi connectivity index (χ3n) is 2.56. The van der Waals surface area contributed by atoms with Crippen LogP contribution in [0.2, 0.25) is 0 Å². The Kier molecular flexibility index (Phi) is 9.62. The van der Waals surface area contributed by atoms with E-state index in [9.17, 15) is 14.4 Å². The van der Waals surface area contributed by atoms with Gasteiger partial charge >= 0.3 is 6.15 Å². The Labute approximate surface area is 142 Å². The number of hydrogen-bond acceptors (Lipinski definition) is 6. The van der Waals surface area contributed by atoms with E-state index in [0.29, 0.717) is 11.3 Å². The first-order valence-corrected chi connectivity index (χ1v) is 7.60. The second kappa shape index (κ2) is 10.6. The molecule has 0 aliphatic heterocycles. The van der Waals surface area contributed by atoms with Gasteiger partial charge in [0, 0.05) is 10.9 Å². The van der Waals surface area contributed by atoms with Crippen LogP contribution in [0.25, 0.3) is 0 Å². The smallest absolute Gasteiger partial charge is 0.373 e. The lowest BCUT2D eigenvalue weighted by Crippen LogP contribution is -2.18. The zero-order valence-electron chi connectivity index (χ0n) is 13.1. The summed E-state index contributed by atoms with van der Waals surface area (Å²) in [6.07, 6.45) is -0.145. The maximum Gasteiger partial charge on any atom is 0.373 e. The van der Waals surface area contributed by atoms with Crippen molar-refractivity contribution in [2.75, 3.05) is 0 Å². The fourth-order valence-electron chi connectivity index (χ4n) is 1.61. The van der Waals surface area contributed by atoms with E-state index in [1.165, 1.54) is 0 Å². The number of halogens is 1. The molecule has 0 atom stereocenters. The SMILES string of the molecule is CCC(=O)C(=O)CC(=O)c1ccc(Br)cc1OC(C)C.O=C=O. The molecule has 0 radical (unpaired) electrons. The molecule has 1 aromatic rings. The Morgan fingerprint density at radius 2 is 1.74 bits per heavy atom. The highest BCUT2D eigenvalue weighted by Gasteiger charge is 2.20. The highest BCUT2D eigenvalue weighted by Crippen LogP contribution is 2.26. The van der Waals surface area contributed by atoms with Crippen LogP contribution >= 0.6 is 15.9 Å². The molecule has 0 aliphatic carbocycles. The van der Waals surface area contributed by atoms with Gasteiger partial charge < -0.3 is 4.74 Å². The second-order valence-corrected chi connectivity index (χ2v) is 5.61. The number of ketones is 3. The molecule has 0 aromatic heterocycles. The second-order valence-electron chi connectivity index (χ2n) is 4.69. The molecule has 0 bridgehead atoms. The molecular weight excluding hydrogens is 368 g/mol. The summed E-state index contributed by atoms with van der Waals surface area (Å²) in [6, 6.07) is 4.97. The van der Waals surface area contributed by atoms with Gasteiger partial charge in [0.05, 0.1) is 18.1 Å². The van der Waals surface area contributed by atoms with Gasteiger partial charge in [-0.1, -0.05) is 22.9 Å². The van der Waals surface area contributed by atoms with E-state index in [-0.39, 0.29) is 18.7 Å². The summed E-state index contributed by atoms with van der Waals surface area (Å²) in [7, 11) is 0. The fourth-order valence-corrected chi connectivity index (χ4v) is 1.95. The van der Waals surface area contributed by atoms with Gasteiger partial charge in [-0.15, -0.1) is 0 Å². The summed E-state index contributed by atoms with van der Waals surface area (Å²) in [5, 5.41) is 0. The third-order valence-corrected chi connectivity index (χ3v) is 3.05. The molecule has 0 fully saturated rings. The van der Waals surface area contributed by atoms with Gasteiger partial charge in [-0.3, -0.25) is 14.4 Å². The van der Waals surface area contributed by atoms with Crippen molar-refractivity contribution in [3.05, 3.63) is 28.2 Å². The topological polar surface area (TPSA) is 94.6 Å². The quantitative estimate of drug-likeness (QED) is 0.407. The average Bonchev–Trinajstić information content (AvgIpc) is 2.46. The zero-order chi connectivity index (χ0) is 18.0. The van der Waals surface area contributed by atoms with Gasteiger partial charge in [0.25, 0.3) is 0 Å². The Hall–Kier alpha value is -2.11. The first-order valence-electron chi connectivity index (χ1n) is 6.81. The average molecular weight is 385 g/mol. The fraction of sp³-hybridized carbons (Fsp3) is 0.375. The molecule has 0 amide bonds. The minimum absolute atomic E-state index is 0.0937. The van der Waals surface area contributed by atoms with Crippen molar-refractivity contribution in [3.63, 3.8) is 0 Å². The number of rotatable bonds is 7. The van der Waals surface area contributed by atoms with Crippen LogP contribution in [0.15, 0.2) is 22.7 Å². The summed E-state index contributed by atoms with van der Waals surface area (Å²) in [5.41, 5.74) is 0.319. The summed E-state index contributed by atoms with van der Waals surface area (Å²) in [4.78, 5) is 51.2. The van der Waals surface area contributed by atoms with Crippen molar-refractivity contribution in [2.45, 2.75) is 39.7 Å². The number of benzene rings is 1. The molecule has 0 spiro atoms. The number of carbonyl (C=O) groups excluding carboxylic acids is 5. The van der Waals surface area contributed by atoms with Crippen molar-refractivity contribution in [3.8, 4) is 5.75 Å². The van der Waals surface area contributed by atoms with E-state index < -0.39 is 23.8 Å².